The number of aryl methyl sites for hydroxylation is 1. The standard InChI is InChI=1S/C17H27ClN4/c18-16-8-6-15(7-9-16)5-3-10-20-17(19)21-11-4-14-22-12-1-2-13-22/h6-9H,1-5,10-14H2,(H3,19,20,21). The lowest BCUT2D eigenvalue weighted by Crippen LogP contribution is -2.33. The van der Waals surface area contributed by atoms with Crippen molar-refractivity contribution in [2.45, 2.75) is 32.1 Å². The third-order valence-electron chi connectivity index (χ3n) is 3.97. The van der Waals surface area contributed by atoms with Crippen LogP contribution < -0.4 is 11.1 Å². The Bertz CT molecular complexity index is 452. The summed E-state index contributed by atoms with van der Waals surface area (Å²) in [5.74, 6) is 0.567. The van der Waals surface area contributed by atoms with Crippen LogP contribution in [0.3, 0.4) is 0 Å². The molecule has 0 aliphatic carbocycles. The Hall–Kier alpha value is -1.26. The smallest absolute Gasteiger partial charge is 0.188 e. The van der Waals surface area contributed by atoms with Gasteiger partial charge in [0.1, 0.15) is 0 Å². The third-order valence-corrected chi connectivity index (χ3v) is 4.23. The first kappa shape index (κ1) is 17.1. The molecule has 1 aromatic rings. The van der Waals surface area contributed by atoms with E-state index in [-0.39, 0.29) is 0 Å². The van der Waals surface area contributed by atoms with Gasteiger partial charge in [0.2, 0.25) is 0 Å². The molecule has 1 saturated heterocycles. The normalized spacial score (nSPS) is 16.1. The maximum Gasteiger partial charge on any atom is 0.188 e. The Morgan fingerprint density at radius 2 is 1.91 bits per heavy atom. The fourth-order valence-corrected chi connectivity index (χ4v) is 2.84. The van der Waals surface area contributed by atoms with E-state index in [1.807, 2.05) is 12.1 Å². The maximum atomic E-state index is 5.88. The first-order valence-corrected chi connectivity index (χ1v) is 8.62. The summed E-state index contributed by atoms with van der Waals surface area (Å²) in [6.07, 6.45) is 5.84. The summed E-state index contributed by atoms with van der Waals surface area (Å²) in [6.45, 7) is 5.31. The molecular weight excluding hydrogens is 296 g/mol. The molecule has 1 heterocycles. The van der Waals surface area contributed by atoms with Gasteiger partial charge in [-0.15, -0.1) is 0 Å². The van der Waals surface area contributed by atoms with E-state index in [0.29, 0.717) is 5.96 Å². The van der Waals surface area contributed by atoms with Gasteiger partial charge in [-0.2, -0.15) is 0 Å². The number of nitrogens with two attached hydrogens (primary N) is 1. The molecule has 1 aliphatic rings. The monoisotopic (exact) mass is 322 g/mol. The van der Waals surface area contributed by atoms with E-state index in [2.05, 4.69) is 27.3 Å². The molecule has 3 N–H and O–H groups in total. The van der Waals surface area contributed by atoms with E-state index in [0.717, 1.165) is 43.9 Å². The van der Waals surface area contributed by atoms with Crippen LogP contribution in [0.15, 0.2) is 29.3 Å². The fourth-order valence-electron chi connectivity index (χ4n) is 2.72. The Kier molecular flexibility index (Phi) is 7.54. The summed E-state index contributed by atoms with van der Waals surface area (Å²) >= 11 is 5.87. The Morgan fingerprint density at radius 1 is 1.18 bits per heavy atom. The van der Waals surface area contributed by atoms with Gasteiger partial charge >= 0.3 is 0 Å². The highest BCUT2D eigenvalue weighted by molar-refractivity contribution is 6.30. The number of likely N-dealkylation sites (tertiary alicyclic amines) is 1. The van der Waals surface area contributed by atoms with E-state index < -0.39 is 0 Å². The summed E-state index contributed by atoms with van der Waals surface area (Å²) in [6, 6.07) is 8.00. The van der Waals surface area contributed by atoms with Gasteiger partial charge in [0.15, 0.2) is 5.96 Å². The van der Waals surface area contributed by atoms with Gasteiger partial charge in [-0.05, 0) is 69.4 Å². The molecule has 0 saturated carbocycles. The molecule has 0 bridgehead atoms. The average molecular weight is 323 g/mol. The molecule has 2 rings (SSSR count). The number of rotatable bonds is 8. The lowest BCUT2D eigenvalue weighted by Gasteiger charge is -2.13. The largest absolute Gasteiger partial charge is 0.370 e. The molecule has 0 radical (unpaired) electrons. The summed E-state index contributed by atoms with van der Waals surface area (Å²) in [4.78, 5) is 6.89. The zero-order valence-electron chi connectivity index (χ0n) is 13.2. The van der Waals surface area contributed by atoms with Gasteiger partial charge in [0.05, 0.1) is 0 Å². The summed E-state index contributed by atoms with van der Waals surface area (Å²) in [5, 5.41) is 3.97. The lowest BCUT2D eigenvalue weighted by atomic mass is 10.1. The van der Waals surface area contributed by atoms with Crippen LogP contribution in [0.5, 0.6) is 0 Å². The minimum Gasteiger partial charge on any atom is -0.370 e. The molecule has 22 heavy (non-hydrogen) atoms. The molecule has 1 aliphatic heterocycles. The van der Waals surface area contributed by atoms with E-state index in [1.165, 1.54) is 31.5 Å². The van der Waals surface area contributed by atoms with Crippen molar-refractivity contribution in [1.29, 1.82) is 0 Å². The van der Waals surface area contributed by atoms with Crippen LogP contribution in [0.4, 0.5) is 0 Å². The molecule has 4 nitrogen and oxygen atoms in total. The second-order valence-corrected chi connectivity index (χ2v) is 6.26. The second kappa shape index (κ2) is 9.70. The first-order valence-electron chi connectivity index (χ1n) is 8.24. The lowest BCUT2D eigenvalue weighted by molar-refractivity contribution is 0.336. The van der Waals surface area contributed by atoms with Crippen molar-refractivity contribution in [3.05, 3.63) is 34.9 Å². The van der Waals surface area contributed by atoms with Crippen molar-refractivity contribution in [2.24, 2.45) is 10.7 Å². The highest BCUT2D eigenvalue weighted by atomic mass is 35.5. The van der Waals surface area contributed by atoms with Gasteiger partial charge in [-0.25, -0.2) is 0 Å². The minimum absolute atomic E-state index is 0.567. The van der Waals surface area contributed by atoms with Crippen LogP contribution in [0, 0.1) is 0 Å². The predicted molar refractivity (Wildman–Crippen MR) is 94.6 cm³/mol. The van der Waals surface area contributed by atoms with E-state index in [1.54, 1.807) is 0 Å². The number of halogens is 1. The van der Waals surface area contributed by atoms with Crippen molar-refractivity contribution in [2.75, 3.05) is 32.7 Å². The number of benzene rings is 1. The zero-order chi connectivity index (χ0) is 15.6. The molecule has 1 fully saturated rings. The Labute approximate surface area is 138 Å². The molecule has 0 aromatic heterocycles. The van der Waals surface area contributed by atoms with Crippen molar-refractivity contribution in [3.63, 3.8) is 0 Å². The zero-order valence-corrected chi connectivity index (χ0v) is 14.0. The maximum absolute atomic E-state index is 5.88. The van der Waals surface area contributed by atoms with Crippen LogP contribution in [0.2, 0.25) is 5.02 Å². The summed E-state index contributed by atoms with van der Waals surface area (Å²) < 4.78 is 0. The molecule has 1 aromatic carbocycles. The molecule has 5 heteroatoms. The molecule has 0 unspecified atom stereocenters. The number of nitrogens with one attached hydrogen (secondary N) is 1. The Balaban J connectivity index is 1.51. The molecule has 0 spiro atoms. The van der Waals surface area contributed by atoms with Gasteiger partial charge in [0, 0.05) is 18.1 Å². The number of nitrogens with zero attached hydrogens (tertiary/aromatic N) is 2. The fraction of sp³-hybridized carbons (Fsp3) is 0.588. The first-order chi connectivity index (χ1) is 10.7. The third kappa shape index (κ3) is 6.67. The highest BCUT2D eigenvalue weighted by Crippen LogP contribution is 2.10. The van der Waals surface area contributed by atoms with Gasteiger partial charge < -0.3 is 16.0 Å². The quantitative estimate of drug-likeness (QED) is 0.439. The number of hydrogen-bond acceptors (Lipinski definition) is 2. The van der Waals surface area contributed by atoms with E-state index >= 15 is 0 Å². The summed E-state index contributed by atoms with van der Waals surface area (Å²) in [5.41, 5.74) is 7.17. The van der Waals surface area contributed by atoms with Crippen molar-refractivity contribution < 1.29 is 0 Å². The molecule has 122 valence electrons. The van der Waals surface area contributed by atoms with Crippen LogP contribution >= 0.6 is 11.6 Å². The Morgan fingerprint density at radius 3 is 2.64 bits per heavy atom. The van der Waals surface area contributed by atoms with Gasteiger partial charge in [-0.1, -0.05) is 23.7 Å². The minimum atomic E-state index is 0.567. The van der Waals surface area contributed by atoms with Crippen molar-refractivity contribution >= 4 is 17.6 Å². The number of hydrogen-bond donors (Lipinski definition) is 2. The highest BCUT2D eigenvalue weighted by Gasteiger charge is 2.09. The number of aliphatic imine (C=N–C) groups is 1. The van der Waals surface area contributed by atoms with Crippen LogP contribution in [-0.4, -0.2) is 43.6 Å². The van der Waals surface area contributed by atoms with E-state index in [4.69, 9.17) is 17.3 Å². The molecule has 0 amide bonds. The molecule has 0 atom stereocenters. The van der Waals surface area contributed by atoms with Crippen LogP contribution in [0.1, 0.15) is 31.2 Å². The average Bonchev–Trinajstić information content (AvgIpc) is 3.03. The SMILES string of the molecule is NC(=NCCCN1CCCC1)NCCCc1ccc(Cl)cc1. The number of guanidine groups is 1. The molecular formula is C17H27ClN4. The second-order valence-electron chi connectivity index (χ2n) is 5.83. The van der Waals surface area contributed by atoms with Crippen molar-refractivity contribution in [1.82, 2.24) is 10.2 Å². The van der Waals surface area contributed by atoms with Crippen LogP contribution in [0.25, 0.3) is 0 Å². The summed E-state index contributed by atoms with van der Waals surface area (Å²) in [7, 11) is 0. The van der Waals surface area contributed by atoms with Crippen molar-refractivity contribution in [3.8, 4) is 0 Å². The van der Waals surface area contributed by atoms with Crippen LogP contribution in [-0.2, 0) is 6.42 Å². The predicted octanol–water partition coefficient (Wildman–Crippen LogP) is 2.66. The van der Waals surface area contributed by atoms with Gasteiger partial charge in [-0.3, -0.25) is 4.99 Å². The van der Waals surface area contributed by atoms with E-state index in [9.17, 15) is 0 Å². The topological polar surface area (TPSA) is 53.6 Å². The van der Waals surface area contributed by atoms with Gasteiger partial charge in [0.25, 0.3) is 0 Å².